The number of hydrogen-bond acceptors (Lipinski definition) is 5. The monoisotopic (exact) mass is 471 g/mol. The third kappa shape index (κ3) is 4.78. The van der Waals surface area contributed by atoms with Gasteiger partial charge < -0.3 is 14.9 Å². The molecule has 1 aliphatic heterocycles. The molecule has 35 heavy (non-hydrogen) atoms. The first kappa shape index (κ1) is 24.1. The van der Waals surface area contributed by atoms with E-state index in [1.807, 2.05) is 31.2 Å². The van der Waals surface area contributed by atoms with Gasteiger partial charge in [-0.2, -0.15) is 0 Å². The minimum Gasteiger partial charge on any atom is -0.507 e. The van der Waals surface area contributed by atoms with Gasteiger partial charge in [0.25, 0.3) is 11.7 Å². The molecule has 1 amide bonds. The van der Waals surface area contributed by atoms with Gasteiger partial charge in [0.1, 0.15) is 17.3 Å². The maximum atomic E-state index is 13.3. The van der Waals surface area contributed by atoms with Gasteiger partial charge in [-0.25, -0.2) is 0 Å². The Balaban J connectivity index is 1.78. The van der Waals surface area contributed by atoms with Gasteiger partial charge in [-0.05, 0) is 60.9 Å². The SMILES string of the molecule is CCCCCOc1ccc(/C(O)=C2\C(=O)C(=O)N(c3ccccc3O)C2c2ccccc2C)cc1. The molecule has 3 aromatic rings. The van der Waals surface area contributed by atoms with E-state index in [2.05, 4.69) is 6.92 Å². The van der Waals surface area contributed by atoms with Gasteiger partial charge in [-0.3, -0.25) is 14.5 Å². The topological polar surface area (TPSA) is 87.1 Å². The predicted octanol–water partition coefficient (Wildman–Crippen LogP) is 5.90. The van der Waals surface area contributed by atoms with Gasteiger partial charge in [0, 0.05) is 5.56 Å². The van der Waals surface area contributed by atoms with Crippen LogP contribution in [0, 0.1) is 6.92 Å². The number of para-hydroxylation sites is 2. The maximum absolute atomic E-state index is 13.3. The van der Waals surface area contributed by atoms with Crippen LogP contribution >= 0.6 is 0 Å². The first-order valence-corrected chi connectivity index (χ1v) is 11.8. The lowest BCUT2D eigenvalue weighted by Crippen LogP contribution is -2.29. The second-order valence-electron chi connectivity index (χ2n) is 8.59. The Kier molecular flexibility index (Phi) is 7.20. The molecule has 0 bridgehead atoms. The predicted molar refractivity (Wildman–Crippen MR) is 136 cm³/mol. The van der Waals surface area contributed by atoms with Crippen molar-refractivity contribution in [1.29, 1.82) is 0 Å². The highest BCUT2D eigenvalue weighted by Gasteiger charge is 2.48. The van der Waals surface area contributed by atoms with Crippen LogP contribution < -0.4 is 9.64 Å². The lowest BCUT2D eigenvalue weighted by molar-refractivity contribution is -0.132. The second kappa shape index (κ2) is 10.5. The molecule has 0 radical (unpaired) electrons. The number of ketones is 1. The minimum atomic E-state index is -0.894. The molecule has 1 fully saturated rings. The van der Waals surface area contributed by atoms with E-state index in [0.29, 0.717) is 23.5 Å². The highest BCUT2D eigenvalue weighted by Crippen LogP contribution is 2.45. The van der Waals surface area contributed by atoms with Crippen LogP contribution in [-0.2, 0) is 9.59 Å². The molecule has 0 spiro atoms. The lowest BCUT2D eigenvalue weighted by atomic mass is 9.92. The summed E-state index contributed by atoms with van der Waals surface area (Å²) in [4.78, 5) is 27.8. The Morgan fingerprint density at radius 3 is 2.31 bits per heavy atom. The molecule has 6 heteroatoms. The third-order valence-corrected chi connectivity index (χ3v) is 6.21. The molecule has 0 saturated carbocycles. The van der Waals surface area contributed by atoms with Gasteiger partial charge in [0.2, 0.25) is 0 Å². The fraction of sp³-hybridized carbons (Fsp3) is 0.241. The number of nitrogens with zero attached hydrogens (tertiary/aromatic N) is 1. The van der Waals surface area contributed by atoms with Gasteiger partial charge in [-0.1, -0.05) is 56.2 Å². The molecule has 180 valence electrons. The van der Waals surface area contributed by atoms with Crippen molar-refractivity contribution in [2.75, 3.05) is 11.5 Å². The number of anilines is 1. The summed E-state index contributed by atoms with van der Waals surface area (Å²) in [6.45, 7) is 4.62. The summed E-state index contributed by atoms with van der Waals surface area (Å²) in [5, 5.41) is 21.8. The molecular formula is C29H29NO5. The molecule has 0 aromatic heterocycles. The number of hydrogen-bond donors (Lipinski definition) is 2. The summed E-state index contributed by atoms with van der Waals surface area (Å²) in [5.41, 5.74) is 2.12. The maximum Gasteiger partial charge on any atom is 0.300 e. The van der Waals surface area contributed by atoms with Crippen LogP contribution in [0.3, 0.4) is 0 Å². The zero-order valence-corrected chi connectivity index (χ0v) is 19.9. The molecule has 4 rings (SSSR count). The number of aliphatic hydroxyl groups excluding tert-OH is 1. The summed E-state index contributed by atoms with van der Waals surface area (Å²) in [6.07, 6.45) is 3.16. The Morgan fingerprint density at radius 2 is 1.63 bits per heavy atom. The minimum absolute atomic E-state index is 0.0239. The largest absolute Gasteiger partial charge is 0.507 e. The van der Waals surface area contributed by atoms with E-state index in [1.165, 1.54) is 11.0 Å². The van der Waals surface area contributed by atoms with Crippen LogP contribution in [0.25, 0.3) is 5.76 Å². The van der Waals surface area contributed by atoms with E-state index < -0.39 is 17.7 Å². The molecule has 2 N–H and O–H groups in total. The number of benzene rings is 3. The van der Waals surface area contributed by atoms with Crippen LogP contribution in [-0.4, -0.2) is 28.5 Å². The van der Waals surface area contributed by atoms with Crippen molar-refractivity contribution in [3.63, 3.8) is 0 Å². The Bertz CT molecular complexity index is 1260. The number of Topliss-reactive ketones (excluding diaryl/α,β-unsaturated/α-hetero) is 1. The standard InChI is InChI=1S/C29H29NO5/c1-3-4-9-18-35-21-16-14-20(15-17-21)27(32)25-26(22-11-6-5-10-19(22)2)30(29(34)28(25)33)23-12-7-8-13-24(23)31/h5-8,10-17,26,31-32H,3-4,9,18H2,1-2H3/b27-25+. The first-order chi connectivity index (χ1) is 16.9. The summed E-state index contributed by atoms with van der Waals surface area (Å²) in [5.74, 6) is -1.34. The zero-order valence-electron chi connectivity index (χ0n) is 19.9. The number of amides is 1. The number of ether oxygens (including phenoxy) is 1. The van der Waals surface area contributed by atoms with Crippen LogP contribution in [0.2, 0.25) is 0 Å². The van der Waals surface area contributed by atoms with Crippen molar-refractivity contribution < 1.29 is 24.5 Å². The van der Waals surface area contributed by atoms with E-state index in [1.54, 1.807) is 42.5 Å². The summed E-state index contributed by atoms with van der Waals surface area (Å²) < 4.78 is 5.75. The molecule has 0 aliphatic carbocycles. The number of phenolic OH excluding ortho intramolecular Hbond substituents is 1. The first-order valence-electron chi connectivity index (χ1n) is 11.8. The van der Waals surface area contributed by atoms with Crippen molar-refractivity contribution in [3.05, 3.63) is 95.1 Å². The number of aryl methyl sites for hydroxylation is 1. The molecule has 1 atom stereocenters. The van der Waals surface area contributed by atoms with Crippen molar-refractivity contribution >= 4 is 23.1 Å². The third-order valence-electron chi connectivity index (χ3n) is 6.21. The van der Waals surface area contributed by atoms with E-state index in [-0.39, 0.29) is 22.8 Å². The molecule has 3 aromatic carbocycles. The number of unbranched alkanes of at least 4 members (excludes halogenated alkanes) is 2. The molecule has 1 unspecified atom stereocenters. The average molecular weight is 472 g/mol. The highest BCUT2D eigenvalue weighted by atomic mass is 16.5. The molecule has 6 nitrogen and oxygen atoms in total. The normalized spacial score (nSPS) is 17.1. The number of carbonyl (C=O) groups excluding carboxylic acids is 2. The summed E-state index contributed by atoms with van der Waals surface area (Å²) in [7, 11) is 0. The number of aromatic hydroxyl groups is 1. The van der Waals surface area contributed by atoms with Gasteiger partial charge in [0.05, 0.1) is 23.9 Å². The Morgan fingerprint density at radius 1 is 0.943 bits per heavy atom. The quantitative estimate of drug-likeness (QED) is 0.185. The van der Waals surface area contributed by atoms with Gasteiger partial charge in [0.15, 0.2) is 0 Å². The van der Waals surface area contributed by atoms with E-state index in [4.69, 9.17) is 4.74 Å². The van der Waals surface area contributed by atoms with Crippen LogP contribution in [0.5, 0.6) is 11.5 Å². The number of aliphatic hydroxyl groups is 1. The Hall–Kier alpha value is -4.06. The molecule has 1 saturated heterocycles. The van der Waals surface area contributed by atoms with Crippen molar-refractivity contribution in [2.24, 2.45) is 0 Å². The smallest absolute Gasteiger partial charge is 0.300 e. The van der Waals surface area contributed by atoms with E-state index in [9.17, 15) is 19.8 Å². The summed E-state index contributed by atoms with van der Waals surface area (Å²) in [6, 6.07) is 19.7. The lowest BCUT2D eigenvalue weighted by Gasteiger charge is -2.27. The van der Waals surface area contributed by atoms with Crippen molar-refractivity contribution in [2.45, 2.75) is 39.2 Å². The van der Waals surface area contributed by atoms with Crippen LogP contribution in [0.4, 0.5) is 5.69 Å². The number of carbonyl (C=O) groups is 2. The van der Waals surface area contributed by atoms with Crippen molar-refractivity contribution in [3.8, 4) is 11.5 Å². The van der Waals surface area contributed by atoms with Crippen LogP contribution in [0.1, 0.15) is 48.9 Å². The number of phenols is 1. The zero-order chi connectivity index (χ0) is 24.9. The van der Waals surface area contributed by atoms with Gasteiger partial charge >= 0.3 is 0 Å². The highest BCUT2D eigenvalue weighted by molar-refractivity contribution is 6.52. The molecular weight excluding hydrogens is 442 g/mol. The van der Waals surface area contributed by atoms with E-state index in [0.717, 1.165) is 24.8 Å². The Labute approximate surface area is 205 Å². The molecule has 1 aliphatic rings. The second-order valence-corrected chi connectivity index (χ2v) is 8.59. The summed E-state index contributed by atoms with van der Waals surface area (Å²) >= 11 is 0. The van der Waals surface area contributed by atoms with E-state index >= 15 is 0 Å². The number of rotatable bonds is 8. The average Bonchev–Trinajstić information content (AvgIpc) is 3.12. The molecule has 1 heterocycles. The fourth-order valence-corrected chi connectivity index (χ4v) is 4.34. The van der Waals surface area contributed by atoms with Crippen LogP contribution in [0.15, 0.2) is 78.4 Å². The van der Waals surface area contributed by atoms with Crippen molar-refractivity contribution in [1.82, 2.24) is 0 Å². The fourth-order valence-electron chi connectivity index (χ4n) is 4.34. The van der Waals surface area contributed by atoms with Gasteiger partial charge in [-0.15, -0.1) is 0 Å².